The van der Waals surface area contributed by atoms with Crippen molar-refractivity contribution < 1.29 is 4.79 Å². The van der Waals surface area contributed by atoms with Gasteiger partial charge in [-0.1, -0.05) is 0 Å². The standard InChI is InChI=1S/C8H7Br2ClN2O/c1-12-8(14)6(11)7-5(10)2-4(9)3-13-7/h2-3,6H,1H3,(H,12,14). The maximum Gasteiger partial charge on any atom is 0.244 e. The third-order valence-corrected chi connectivity index (χ3v) is 3.03. The summed E-state index contributed by atoms with van der Waals surface area (Å²) in [6.07, 6.45) is 1.60. The Labute approximate surface area is 103 Å². The first-order chi connectivity index (χ1) is 6.56. The molecule has 0 aliphatic rings. The number of amides is 1. The van der Waals surface area contributed by atoms with Gasteiger partial charge in [-0.05, 0) is 37.9 Å². The maximum atomic E-state index is 11.2. The SMILES string of the molecule is CNC(=O)C(Cl)c1ncc(Br)cc1Br. The van der Waals surface area contributed by atoms with Gasteiger partial charge in [0.25, 0.3) is 0 Å². The Balaban J connectivity index is 3.01. The molecule has 1 unspecified atom stereocenters. The van der Waals surface area contributed by atoms with E-state index in [9.17, 15) is 4.79 Å². The van der Waals surface area contributed by atoms with E-state index in [0.29, 0.717) is 10.2 Å². The molecule has 6 heteroatoms. The average molecular weight is 342 g/mol. The van der Waals surface area contributed by atoms with Crippen LogP contribution >= 0.6 is 43.5 Å². The molecule has 0 saturated carbocycles. The predicted octanol–water partition coefficient (Wildman–Crippen LogP) is 2.63. The number of nitrogens with one attached hydrogen (secondary N) is 1. The number of rotatable bonds is 2. The molecule has 1 amide bonds. The van der Waals surface area contributed by atoms with Gasteiger partial charge in [-0.25, -0.2) is 0 Å². The first-order valence-electron chi connectivity index (χ1n) is 3.73. The van der Waals surface area contributed by atoms with Gasteiger partial charge in [0.2, 0.25) is 5.91 Å². The summed E-state index contributed by atoms with van der Waals surface area (Å²) in [7, 11) is 1.53. The van der Waals surface area contributed by atoms with Gasteiger partial charge in [-0.15, -0.1) is 11.6 Å². The van der Waals surface area contributed by atoms with E-state index in [1.807, 2.05) is 0 Å². The zero-order chi connectivity index (χ0) is 10.7. The Hall–Kier alpha value is -0.130. The van der Waals surface area contributed by atoms with E-state index >= 15 is 0 Å². The maximum absolute atomic E-state index is 11.2. The summed E-state index contributed by atoms with van der Waals surface area (Å²) in [5, 5.41) is 1.69. The molecule has 0 aliphatic carbocycles. The molecule has 0 spiro atoms. The fraction of sp³-hybridized carbons (Fsp3) is 0.250. The highest BCUT2D eigenvalue weighted by atomic mass is 79.9. The van der Waals surface area contributed by atoms with Crippen LogP contribution in [0.3, 0.4) is 0 Å². The summed E-state index contributed by atoms with van der Waals surface area (Å²) < 4.78 is 1.53. The first kappa shape index (κ1) is 11.9. The van der Waals surface area contributed by atoms with Crippen LogP contribution in [0.1, 0.15) is 11.1 Å². The summed E-state index contributed by atoms with van der Waals surface area (Å²) >= 11 is 12.4. The fourth-order valence-electron chi connectivity index (χ4n) is 0.863. The topological polar surface area (TPSA) is 42.0 Å². The number of carbonyl (C=O) groups excluding carboxylic acids is 1. The predicted molar refractivity (Wildman–Crippen MR) is 62.3 cm³/mol. The number of hydrogen-bond donors (Lipinski definition) is 1. The minimum absolute atomic E-state index is 0.276. The lowest BCUT2D eigenvalue weighted by atomic mass is 10.2. The fourth-order valence-corrected chi connectivity index (χ4v) is 2.49. The van der Waals surface area contributed by atoms with Gasteiger partial charge in [0, 0.05) is 22.2 Å². The number of alkyl halides is 1. The number of halogens is 3. The molecule has 1 aromatic heterocycles. The summed E-state index contributed by atoms with van der Waals surface area (Å²) in [6.45, 7) is 0. The molecule has 1 atom stereocenters. The van der Waals surface area contributed by atoms with Crippen molar-refractivity contribution in [2.45, 2.75) is 5.38 Å². The van der Waals surface area contributed by atoms with Crippen molar-refractivity contribution in [2.24, 2.45) is 0 Å². The molecule has 1 rings (SSSR count). The Kier molecular flexibility index (Phi) is 4.34. The van der Waals surface area contributed by atoms with E-state index in [1.165, 1.54) is 7.05 Å². The third kappa shape index (κ3) is 2.68. The van der Waals surface area contributed by atoms with Crippen molar-refractivity contribution in [1.29, 1.82) is 0 Å². The lowest BCUT2D eigenvalue weighted by molar-refractivity contribution is -0.120. The van der Waals surface area contributed by atoms with Crippen molar-refractivity contribution >= 4 is 49.4 Å². The van der Waals surface area contributed by atoms with Crippen LogP contribution in [0, 0.1) is 0 Å². The zero-order valence-electron chi connectivity index (χ0n) is 7.22. The van der Waals surface area contributed by atoms with Crippen molar-refractivity contribution in [3.63, 3.8) is 0 Å². The second-order valence-electron chi connectivity index (χ2n) is 2.50. The monoisotopic (exact) mass is 340 g/mol. The van der Waals surface area contributed by atoms with E-state index in [2.05, 4.69) is 42.2 Å². The normalized spacial score (nSPS) is 12.3. The number of carbonyl (C=O) groups is 1. The zero-order valence-corrected chi connectivity index (χ0v) is 11.1. The summed E-state index contributed by atoms with van der Waals surface area (Å²) in [5.41, 5.74) is 0.509. The highest BCUT2D eigenvalue weighted by molar-refractivity contribution is 9.11. The molecule has 0 bridgehead atoms. The quantitative estimate of drug-likeness (QED) is 0.840. The number of likely N-dealkylation sites (N-methyl/N-ethyl adjacent to an activating group) is 1. The van der Waals surface area contributed by atoms with E-state index < -0.39 is 5.38 Å². The number of pyridine rings is 1. The largest absolute Gasteiger partial charge is 0.358 e. The van der Waals surface area contributed by atoms with Gasteiger partial charge in [0.05, 0.1) is 5.69 Å². The molecule has 0 aliphatic heterocycles. The highest BCUT2D eigenvalue weighted by Crippen LogP contribution is 2.28. The first-order valence-corrected chi connectivity index (χ1v) is 5.75. The molecule has 1 N–H and O–H groups in total. The van der Waals surface area contributed by atoms with E-state index in [-0.39, 0.29) is 5.91 Å². The summed E-state index contributed by atoms with van der Waals surface area (Å²) in [4.78, 5) is 15.3. The molecule has 76 valence electrons. The minimum Gasteiger partial charge on any atom is -0.358 e. The number of aromatic nitrogens is 1. The van der Waals surface area contributed by atoms with Crippen molar-refractivity contribution in [2.75, 3.05) is 7.05 Å². The smallest absolute Gasteiger partial charge is 0.244 e. The van der Waals surface area contributed by atoms with Gasteiger partial charge in [-0.2, -0.15) is 0 Å². The lowest BCUT2D eigenvalue weighted by Crippen LogP contribution is -2.23. The van der Waals surface area contributed by atoms with Crippen LogP contribution in [0.5, 0.6) is 0 Å². The minimum atomic E-state index is -0.775. The summed E-state index contributed by atoms with van der Waals surface area (Å²) in [6, 6.07) is 1.79. The molecule has 0 fully saturated rings. The van der Waals surface area contributed by atoms with Crippen LogP contribution < -0.4 is 5.32 Å². The van der Waals surface area contributed by atoms with Crippen LogP contribution in [0.25, 0.3) is 0 Å². The van der Waals surface area contributed by atoms with Gasteiger partial charge >= 0.3 is 0 Å². The molecule has 14 heavy (non-hydrogen) atoms. The van der Waals surface area contributed by atoms with Crippen molar-refractivity contribution in [3.8, 4) is 0 Å². The van der Waals surface area contributed by atoms with Crippen LogP contribution in [0.2, 0.25) is 0 Å². The van der Waals surface area contributed by atoms with E-state index in [4.69, 9.17) is 11.6 Å². The van der Waals surface area contributed by atoms with Crippen LogP contribution in [0.15, 0.2) is 21.2 Å². The van der Waals surface area contributed by atoms with E-state index in [1.54, 1.807) is 12.3 Å². The van der Waals surface area contributed by atoms with Gasteiger partial charge in [0.1, 0.15) is 0 Å². The van der Waals surface area contributed by atoms with Crippen molar-refractivity contribution in [3.05, 3.63) is 26.9 Å². The Morgan fingerprint density at radius 1 is 1.64 bits per heavy atom. The molecule has 0 saturated heterocycles. The van der Waals surface area contributed by atoms with Crippen LogP contribution in [0.4, 0.5) is 0 Å². The van der Waals surface area contributed by atoms with Gasteiger partial charge in [0.15, 0.2) is 5.38 Å². The molecule has 0 radical (unpaired) electrons. The average Bonchev–Trinajstić information content (AvgIpc) is 2.15. The molecular weight excluding hydrogens is 335 g/mol. The van der Waals surface area contributed by atoms with Crippen LogP contribution in [-0.4, -0.2) is 17.9 Å². The highest BCUT2D eigenvalue weighted by Gasteiger charge is 2.20. The number of nitrogens with zero attached hydrogens (tertiary/aromatic N) is 1. The van der Waals surface area contributed by atoms with Crippen molar-refractivity contribution in [1.82, 2.24) is 10.3 Å². The second kappa shape index (κ2) is 5.09. The Bertz CT molecular complexity index is 359. The van der Waals surface area contributed by atoms with Crippen LogP contribution in [-0.2, 0) is 4.79 Å². The lowest BCUT2D eigenvalue weighted by Gasteiger charge is -2.09. The molecule has 1 heterocycles. The molecule has 1 aromatic rings. The number of hydrogen-bond acceptors (Lipinski definition) is 2. The van der Waals surface area contributed by atoms with Gasteiger partial charge < -0.3 is 5.32 Å². The molecule has 0 aromatic carbocycles. The van der Waals surface area contributed by atoms with E-state index in [0.717, 1.165) is 4.47 Å². The van der Waals surface area contributed by atoms with Gasteiger partial charge in [-0.3, -0.25) is 9.78 Å². The Morgan fingerprint density at radius 2 is 2.29 bits per heavy atom. The molecule has 3 nitrogen and oxygen atoms in total. The Morgan fingerprint density at radius 3 is 2.79 bits per heavy atom. The third-order valence-electron chi connectivity index (χ3n) is 1.55. The summed E-state index contributed by atoms with van der Waals surface area (Å²) in [5.74, 6) is -0.276. The second-order valence-corrected chi connectivity index (χ2v) is 4.70. The molecular formula is C8H7Br2ClN2O.